The summed E-state index contributed by atoms with van der Waals surface area (Å²) in [5, 5.41) is 10.9. The third-order valence-corrected chi connectivity index (χ3v) is 4.32. The maximum absolute atomic E-state index is 6.06. The second kappa shape index (κ2) is 5.19. The molecule has 0 saturated carbocycles. The highest BCUT2D eigenvalue weighted by atomic mass is 35.5. The van der Waals surface area contributed by atoms with E-state index in [9.17, 15) is 0 Å². The van der Waals surface area contributed by atoms with Crippen LogP contribution in [0.15, 0.2) is 47.0 Å². The summed E-state index contributed by atoms with van der Waals surface area (Å²) < 4.78 is 5.91. The molecule has 2 aliphatic rings. The molecule has 0 atom stereocenters. The highest BCUT2D eigenvalue weighted by molar-refractivity contribution is 6.31. The summed E-state index contributed by atoms with van der Waals surface area (Å²) in [5.41, 5.74) is 3.58. The zero-order valence-corrected chi connectivity index (χ0v) is 13.8. The summed E-state index contributed by atoms with van der Waals surface area (Å²) >= 11 is 6.06. The number of benzene rings is 1. The average molecular weight is 348 g/mol. The summed E-state index contributed by atoms with van der Waals surface area (Å²) in [4.78, 5) is 13.2. The molecule has 0 aliphatic carbocycles. The first kappa shape index (κ1) is 14.2. The van der Waals surface area contributed by atoms with Gasteiger partial charge in [0.15, 0.2) is 11.3 Å². The van der Waals surface area contributed by atoms with Crippen molar-refractivity contribution in [3.05, 3.63) is 53.3 Å². The highest BCUT2D eigenvalue weighted by Crippen LogP contribution is 2.33. The fourth-order valence-corrected chi connectivity index (χ4v) is 3.04. The molecule has 0 bridgehead atoms. The lowest BCUT2D eigenvalue weighted by molar-refractivity contribution is 0.530. The Kier molecular flexibility index (Phi) is 2.96. The van der Waals surface area contributed by atoms with E-state index in [1.807, 2.05) is 37.3 Å². The Labute approximate surface area is 146 Å². The van der Waals surface area contributed by atoms with Crippen LogP contribution >= 0.6 is 11.6 Å². The van der Waals surface area contributed by atoms with Crippen molar-refractivity contribution in [2.75, 3.05) is 0 Å². The second-order valence-electron chi connectivity index (χ2n) is 5.71. The molecule has 0 radical (unpaired) electrons. The standard InChI is InChI=1S/C18H10ClN5O/c1-9-12(7-10-3-2-6-20-16(10)21-9)17-24-23-15-13-8-11(19)4-5-14(13)22-18(15)25-17/h2-8H,1H3. The summed E-state index contributed by atoms with van der Waals surface area (Å²) in [6, 6.07) is 11.2. The number of fused-ring (bicyclic) bond motifs is 4. The van der Waals surface area contributed by atoms with Crippen molar-refractivity contribution >= 4 is 33.5 Å². The number of halogens is 1. The molecule has 25 heavy (non-hydrogen) atoms. The van der Waals surface area contributed by atoms with Gasteiger partial charge in [-0.3, -0.25) is 0 Å². The van der Waals surface area contributed by atoms with Crippen LogP contribution in [0.5, 0.6) is 0 Å². The SMILES string of the molecule is Cc1nc2ncccc2cc1-c1nnc2c3cc(Cl)ccc3nc-2o1. The molecule has 0 N–H and O–H groups in total. The first-order chi connectivity index (χ1) is 12.2. The molecule has 6 nitrogen and oxygen atoms in total. The van der Waals surface area contributed by atoms with Crippen molar-refractivity contribution in [2.24, 2.45) is 0 Å². The molecule has 3 aromatic rings. The monoisotopic (exact) mass is 347 g/mol. The molecule has 5 rings (SSSR count). The Bertz CT molecular complexity index is 1230. The first-order valence-corrected chi connectivity index (χ1v) is 8.02. The van der Waals surface area contributed by atoms with Crippen LogP contribution in [-0.4, -0.2) is 25.1 Å². The van der Waals surface area contributed by atoms with E-state index in [1.54, 1.807) is 12.3 Å². The number of rotatable bonds is 1. The van der Waals surface area contributed by atoms with Gasteiger partial charge in [-0.2, -0.15) is 0 Å². The lowest BCUT2D eigenvalue weighted by Crippen LogP contribution is -1.96. The van der Waals surface area contributed by atoms with Crippen molar-refractivity contribution in [3.8, 4) is 23.0 Å². The third kappa shape index (κ3) is 2.22. The number of nitrogens with zero attached hydrogens (tertiary/aromatic N) is 5. The van der Waals surface area contributed by atoms with E-state index in [0.717, 1.165) is 27.5 Å². The number of aromatic nitrogens is 5. The Morgan fingerprint density at radius 1 is 1.00 bits per heavy atom. The normalized spacial score (nSPS) is 11.6. The van der Waals surface area contributed by atoms with Gasteiger partial charge in [0.2, 0.25) is 5.89 Å². The zero-order chi connectivity index (χ0) is 17.0. The van der Waals surface area contributed by atoms with Crippen molar-refractivity contribution in [1.29, 1.82) is 0 Å². The second-order valence-corrected chi connectivity index (χ2v) is 6.14. The first-order valence-electron chi connectivity index (χ1n) is 7.64. The molecule has 0 fully saturated rings. The van der Waals surface area contributed by atoms with Gasteiger partial charge in [-0.15, -0.1) is 10.2 Å². The summed E-state index contributed by atoms with van der Waals surface area (Å²) in [5.74, 6) is 0.796. The van der Waals surface area contributed by atoms with Crippen LogP contribution in [0.1, 0.15) is 5.69 Å². The molecule has 2 aliphatic heterocycles. The lowest BCUT2D eigenvalue weighted by Gasteiger charge is -2.06. The highest BCUT2D eigenvalue weighted by Gasteiger charge is 2.20. The van der Waals surface area contributed by atoms with E-state index >= 15 is 0 Å². The van der Waals surface area contributed by atoms with Crippen LogP contribution in [0.2, 0.25) is 5.02 Å². The van der Waals surface area contributed by atoms with E-state index in [1.165, 1.54) is 0 Å². The van der Waals surface area contributed by atoms with Gasteiger partial charge >= 0.3 is 0 Å². The largest absolute Gasteiger partial charge is 0.416 e. The summed E-state index contributed by atoms with van der Waals surface area (Å²) in [7, 11) is 0. The molecule has 0 amide bonds. The maximum Gasteiger partial charge on any atom is 0.250 e. The molecule has 0 unspecified atom stereocenters. The molecular weight excluding hydrogens is 338 g/mol. The molecule has 4 heterocycles. The van der Waals surface area contributed by atoms with Gasteiger partial charge in [0.25, 0.3) is 5.89 Å². The summed E-state index contributed by atoms with van der Waals surface area (Å²) in [6.07, 6.45) is 1.72. The van der Waals surface area contributed by atoms with Gasteiger partial charge in [-0.1, -0.05) is 11.6 Å². The third-order valence-electron chi connectivity index (χ3n) is 4.08. The number of hydrogen-bond donors (Lipinski definition) is 0. The van der Waals surface area contributed by atoms with Crippen LogP contribution in [0.4, 0.5) is 0 Å². The molecule has 120 valence electrons. The summed E-state index contributed by atoms with van der Waals surface area (Å²) in [6.45, 7) is 1.89. The molecule has 0 spiro atoms. The minimum atomic E-state index is 0.372. The maximum atomic E-state index is 6.06. The van der Waals surface area contributed by atoms with Crippen LogP contribution in [0, 0.1) is 6.92 Å². The van der Waals surface area contributed by atoms with E-state index in [0.29, 0.717) is 28.1 Å². The molecule has 0 saturated heterocycles. The van der Waals surface area contributed by atoms with Gasteiger partial charge in [0, 0.05) is 22.0 Å². The topological polar surface area (TPSA) is 77.6 Å². The fraction of sp³-hybridized carbons (Fsp3) is 0.0556. The number of aryl methyl sites for hydroxylation is 1. The Morgan fingerprint density at radius 2 is 1.92 bits per heavy atom. The molecule has 1 aromatic carbocycles. The van der Waals surface area contributed by atoms with Gasteiger partial charge in [0.1, 0.15) is 0 Å². The van der Waals surface area contributed by atoms with Gasteiger partial charge in [-0.25, -0.2) is 15.0 Å². The van der Waals surface area contributed by atoms with Crippen molar-refractivity contribution < 1.29 is 4.42 Å². The quantitative estimate of drug-likeness (QED) is 0.450. The average Bonchev–Trinajstić information content (AvgIpc) is 2.98. The fourth-order valence-electron chi connectivity index (χ4n) is 2.87. The minimum absolute atomic E-state index is 0.372. The lowest BCUT2D eigenvalue weighted by atomic mass is 10.1. The van der Waals surface area contributed by atoms with Crippen LogP contribution in [-0.2, 0) is 0 Å². The number of hydrogen-bond acceptors (Lipinski definition) is 6. The molecule has 7 heteroatoms. The predicted octanol–water partition coefficient (Wildman–Crippen LogP) is 4.29. The van der Waals surface area contributed by atoms with E-state index in [-0.39, 0.29) is 0 Å². The molecule has 2 aromatic heterocycles. The van der Waals surface area contributed by atoms with Crippen molar-refractivity contribution in [3.63, 3.8) is 0 Å². The van der Waals surface area contributed by atoms with Crippen LogP contribution in [0.3, 0.4) is 0 Å². The van der Waals surface area contributed by atoms with E-state index in [4.69, 9.17) is 16.0 Å². The Hall–Kier alpha value is -3.12. The van der Waals surface area contributed by atoms with E-state index in [2.05, 4.69) is 25.1 Å². The van der Waals surface area contributed by atoms with Gasteiger partial charge in [0.05, 0.1) is 16.8 Å². The van der Waals surface area contributed by atoms with E-state index < -0.39 is 0 Å². The van der Waals surface area contributed by atoms with Crippen LogP contribution in [0.25, 0.3) is 45.0 Å². The molecular formula is C18H10ClN5O. The zero-order valence-electron chi connectivity index (χ0n) is 13.1. The number of pyridine rings is 2. The van der Waals surface area contributed by atoms with Gasteiger partial charge < -0.3 is 4.42 Å². The minimum Gasteiger partial charge on any atom is -0.416 e. The predicted molar refractivity (Wildman–Crippen MR) is 94.5 cm³/mol. The smallest absolute Gasteiger partial charge is 0.250 e. The Balaban J connectivity index is 1.74. The Morgan fingerprint density at radius 3 is 2.84 bits per heavy atom. The van der Waals surface area contributed by atoms with Gasteiger partial charge in [-0.05, 0) is 43.3 Å². The van der Waals surface area contributed by atoms with Crippen LogP contribution < -0.4 is 0 Å². The van der Waals surface area contributed by atoms with Crippen molar-refractivity contribution in [1.82, 2.24) is 25.1 Å². The van der Waals surface area contributed by atoms with Crippen molar-refractivity contribution in [2.45, 2.75) is 6.92 Å².